The minimum Gasteiger partial charge on any atom is -0.362 e. The number of aromatic nitrogens is 1. The van der Waals surface area contributed by atoms with Crippen molar-refractivity contribution in [3.8, 4) is 0 Å². The first-order valence-corrected chi connectivity index (χ1v) is 11.4. The van der Waals surface area contributed by atoms with Gasteiger partial charge in [0.15, 0.2) is 0 Å². The van der Waals surface area contributed by atoms with Gasteiger partial charge in [-0.15, -0.1) is 0 Å². The molecule has 3 aromatic carbocycles. The first-order valence-electron chi connectivity index (χ1n) is 10.7. The molecule has 9 heteroatoms. The summed E-state index contributed by atoms with van der Waals surface area (Å²) in [5.41, 5.74) is 5.71. The number of carbonyl (C=O) groups excluding carboxylic acids is 2. The molecule has 0 unspecified atom stereocenters. The van der Waals surface area contributed by atoms with Gasteiger partial charge in [-0.1, -0.05) is 35.3 Å². The number of amides is 3. The zero-order chi connectivity index (χ0) is 24.4. The second-order valence-corrected chi connectivity index (χ2v) is 8.63. The number of aromatic amines is 1. The molecular formula is C26H19Cl2N5O2. The van der Waals surface area contributed by atoms with Crippen molar-refractivity contribution in [2.24, 2.45) is 0 Å². The van der Waals surface area contributed by atoms with Crippen molar-refractivity contribution >= 4 is 75.2 Å². The molecule has 0 radical (unpaired) electrons. The number of urea groups is 1. The number of hydrogen-bond acceptors (Lipinski definition) is 3. The Hall–Kier alpha value is -4.20. The smallest absolute Gasteiger partial charge is 0.323 e. The highest BCUT2D eigenvalue weighted by Gasteiger charge is 2.24. The number of halogens is 2. The molecule has 2 heterocycles. The van der Waals surface area contributed by atoms with Crippen LogP contribution in [-0.4, -0.2) is 16.9 Å². The lowest BCUT2D eigenvalue weighted by atomic mass is 10.1. The Labute approximate surface area is 211 Å². The summed E-state index contributed by atoms with van der Waals surface area (Å²) in [7, 11) is 0. The van der Waals surface area contributed by atoms with E-state index >= 15 is 0 Å². The number of fused-ring (bicyclic) bond motifs is 1. The third-order valence-electron chi connectivity index (χ3n) is 5.31. The van der Waals surface area contributed by atoms with Gasteiger partial charge in [-0.25, -0.2) is 4.79 Å². The third kappa shape index (κ3) is 5.16. The second kappa shape index (κ2) is 9.58. The number of benzene rings is 3. The van der Waals surface area contributed by atoms with E-state index in [0.29, 0.717) is 27.0 Å². The Morgan fingerprint density at radius 1 is 0.800 bits per heavy atom. The highest BCUT2D eigenvalue weighted by atomic mass is 35.5. The molecule has 0 bridgehead atoms. The molecule has 0 atom stereocenters. The fourth-order valence-electron chi connectivity index (χ4n) is 3.71. The monoisotopic (exact) mass is 503 g/mol. The lowest BCUT2D eigenvalue weighted by Gasteiger charge is -2.12. The van der Waals surface area contributed by atoms with Crippen LogP contribution in [0.5, 0.6) is 0 Å². The van der Waals surface area contributed by atoms with Crippen LogP contribution in [0, 0.1) is 0 Å². The quantitative estimate of drug-likeness (QED) is 0.186. The van der Waals surface area contributed by atoms with Crippen molar-refractivity contribution in [3.63, 3.8) is 0 Å². The summed E-state index contributed by atoms with van der Waals surface area (Å²) in [6.45, 7) is 0. The average Bonchev–Trinajstić information content (AvgIpc) is 3.44. The summed E-state index contributed by atoms with van der Waals surface area (Å²) in [5, 5.41) is 12.5. The summed E-state index contributed by atoms with van der Waals surface area (Å²) in [6.07, 6.45) is 3.64. The van der Waals surface area contributed by atoms with Crippen LogP contribution >= 0.6 is 23.2 Å². The number of nitrogens with one attached hydrogen (secondary N) is 5. The van der Waals surface area contributed by atoms with Crippen molar-refractivity contribution in [2.75, 3.05) is 21.3 Å². The van der Waals surface area contributed by atoms with Gasteiger partial charge in [0.1, 0.15) is 0 Å². The van der Waals surface area contributed by atoms with Crippen LogP contribution in [0.15, 0.2) is 79.0 Å². The van der Waals surface area contributed by atoms with Crippen molar-refractivity contribution < 1.29 is 9.59 Å². The van der Waals surface area contributed by atoms with Crippen molar-refractivity contribution in [3.05, 3.63) is 100 Å². The van der Waals surface area contributed by atoms with Crippen LogP contribution in [0.3, 0.4) is 0 Å². The molecule has 1 aromatic heterocycles. The van der Waals surface area contributed by atoms with Crippen LogP contribution < -0.4 is 21.3 Å². The fraction of sp³-hybridized carbons (Fsp3) is 0. The van der Waals surface area contributed by atoms with Crippen LogP contribution in [0.25, 0.3) is 11.6 Å². The minimum atomic E-state index is -0.415. The number of hydrogen-bond donors (Lipinski definition) is 5. The van der Waals surface area contributed by atoms with Gasteiger partial charge < -0.3 is 26.3 Å². The predicted octanol–water partition coefficient (Wildman–Crippen LogP) is 7.20. The number of rotatable bonds is 5. The van der Waals surface area contributed by atoms with E-state index in [1.54, 1.807) is 30.3 Å². The Morgan fingerprint density at radius 3 is 2.31 bits per heavy atom. The standard InChI is InChI=1S/C26H19Cl2N5O2/c27-22-9-7-18(13-23(22)28)32-26(35)31-17-4-1-3-16(11-17)30-19-6-8-20-21(12-15-5-2-10-29-15)25(34)33-24(20)14-19/h1-14,29-30H,(H,33,34)(H2,31,32,35)/b21-12-. The highest BCUT2D eigenvalue weighted by Crippen LogP contribution is 2.35. The minimum absolute atomic E-state index is 0.147. The summed E-state index contributed by atoms with van der Waals surface area (Å²) in [4.78, 5) is 27.9. The topological polar surface area (TPSA) is 98.1 Å². The van der Waals surface area contributed by atoms with E-state index in [2.05, 4.69) is 26.3 Å². The molecule has 174 valence electrons. The molecule has 1 aliphatic heterocycles. The van der Waals surface area contributed by atoms with E-state index in [1.807, 2.05) is 54.7 Å². The van der Waals surface area contributed by atoms with E-state index in [-0.39, 0.29) is 5.91 Å². The summed E-state index contributed by atoms with van der Waals surface area (Å²) < 4.78 is 0. The maximum Gasteiger partial charge on any atom is 0.323 e. The van der Waals surface area contributed by atoms with Gasteiger partial charge in [-0.05, 0) is 66.7 Å². The van der Waals surface area contributed by atoms with Crippen molar-refractivity contribution in [1.29, 1.82) is 0 Å². The Morgan fingerprint density at radius 2 is 1.54 bits per heavy atom. The van der Waals surface area contributed by atoms with Crippen LogP contribution in [-0.2, 0) is 4.79 Å². The Balaban J connectivity index is 1.27. The normalized spacial score (nSPS) is 13.3. The van der Waals surface area contributed by atoms with Gasteiger partial charge in [0.05, 0.1) is 21.3 Å². The van der Waals surface area contributed by atoms with E-state index in [0.717, 1.165) is 28.3 Å². The molecule has 0 fully saturated rings. The molecule has 4 aromatic rings. The molecule has 5 N–H and O–H groups in total. The Bertz CT molecular complexity index is 1460. The number of H-pyrrole nitrogens is 1. The summed E-state index contributed by atoms with van der Waals surface area (Å²) >= 11 is 11.9. The maximum atomic E-state index is 12.5. The van der Waals surface area contributed by atoms with Gasteiger partial charge in [0.2, 0.25) is 0 Å². The zero-order valence-electron chi connectivity index (χ0n) is 18.2. The van der Waals surface area contributed by atoms with Gasteiger partial charge in [0.25, 0.3) is 5.91 Å². The fourth-order valence-corrected chi connectivity index (χ4v) is 4.01. The van der Waals surface area contributed by atoms with Gasteiger partial charge >= 0.3 is 6.03 Å². The van der Waals surface area contributed by atoms with E-state index in [9.17, 15) is 9.59 Å². The lowest BCUT2D eigenvalue weighted by molar-refractivity contribution is -0.110. The highest BCUT2D eigenvalue weighted by molar-refractivity contribution is 6.42. The molecule has 0 saturated carbocycles. The SMILES string of the molecule is O=C(Nc1cccc(Nc2ccc3c(c2)NC(=O)/C3=C\c2ccc[nH]2)c1)Nc1ccc(Cl)c(Cl)c1. The maximum absolute atomic E-state index is 12.5. The summed E-state index contributed by atoms with van der Waals surface area (Å²) in [5.74, 6) is -0.147. The van der Waals surface area contributed by atoms with Crippen molar-refractivity contribution in [1.82, 2.24) is 4.98 Å². The van der Waals surface area contributed by atoms with Crippen LogP contribution in [0.2, 0.25) is 10.0 Å². The second-order valence-electron chi connectivity index (χ2n) is 7.81. The molecule has 3 amide bonds. The molecule has 35 heavy (non-hydrogen) atoms. The molecule has 1 aliphatic rings. The number of anilines is 5. The first-order chi connectivity index (χ1) is 16.9. The first kappa shape index (κ1) is 22.6. The third-order valence-corrected chi connectivity index (χ3v) is 6.05. The molecular weight excluding hydrogens is 485 g/mol. The zero-order valence-corrected chi connectivity index (χ0v) is 19.7. The molecule has 7 nitrogen and oxygen atoms in total. The molecule has 5 rings (SSSR count). The van der Waals surface area contributed by atoms with E-state index < -0.39 is 6.03 Å². The van der Waals surface area contributed by atoms with Crippen molar-refractivity contribution in [2.45, 2.75) is 0 Å². The predicted molar refractivity (Wildman–Crippen MR) is 143 cm³/mol. The summed E-state index contributed by atoms with van der Waals surface area (Å²) in [6, 6.07) is 21.2. The average molecular weight is 504 g/mol. The van der Waals surface area contributed by atoms with Gasteiger partial charge in [-0.3, -0.25) is 4.79 Å². The van der Waals surface area contributed by atoms with Gasteiger partial charge in [-0.2, -0.15) is 0 Å². The van der Waals surface area contributed by atoms with E-state index in [1.165, 1.54) is 0 Å². The Kier molecular flexibility index (Phi) is 6.18. The van der Waals surface area contributed by atoms with Crippen LogP contribution in [0.4, 0.5) is 33.2 Å². The number of carbonyl (C=O) groups is 2. The lowest BCUT2D eigenvalue weighted by Crippen LogP contribution is -2.19. The molecule has 0 saturated heterocycles. The van der Waals surface area contributed by atoms with Gasteiger partial charge in [0, 0.05) is 40.2 Å². The van der Waals surface area contributed by atoms with E-state index in [4.69, 9.17) is 23.2 Å². The molecule has 0 aliphatic carbocycles. The molecule has 0 spiro atoms. The largest absolute Gasteiger partial charge is 0.362 e. The van der Waals surface area contributed by atoms with Crippen LogP contribution in [0.1, 0.15) is 11.3 Å².